The average Bonchev–Trinajstić information content (AvgIpc) is 3.65. The number of benzene rings is 1. The van der Waals surface area contributed by atoms with Gasteiger partial charge in [-0.2, -0.15) is 0 Å². The SMILES string of the molecule is C=C1C[C@@]2(CC[C@@H]([C@@H]3CC[C@H]4CC[C@H](O)C[C@]4(O)C3)C2)[C@@H]2O[C@]2(C)CC[C@@H]2[C@@H]1C[C@]2(C)[C@@H]1CC[C@H]([C@H](NC(N)=NC)NC(N)=NCCc2cccc3cocc23)C1. The summed E-state index contributed by atoms with van der Waals surface area (Å²) in [6, 6.07) is 6.24. The van der Waals surface area contributed by atoms with Gasteiger partial charge in [-0.05, 0) is 162 Å². The minimum Gasteiger partial charge on any atom is -0.471 e. The highest BCUT2D eigenvalue weighted by atomic mass is 16.6. The summed E-state index contributed by atoms with van der Waals surface area (Å²) in [4.78, 5) is 8.96. The van der Waals surface area contributed by atoms with E-state index in [0.717, 1.165) is 68.6 Å². The van der Waals surface area contributed by atoms with Crippen LogP contribution in [0, 0.1) is 52.3 Å². The Bertz CT molecular complexity index is 1880. The van der Waals surface area contributed by atoms with E-state index in [1.165, 1.54) is 56.1 Å². The normalized spacial score (nSPS) is 43.9. The molecule has 1 saturated heterocycles. The monoisotopic (exact) mass is 783 g/mol. The summed E-state index contributed by atoms with van der Waals surface area (Å²) >= 11 is 0. The molecule has 10 nitrogen and oxygen atoms in total. The molecular formula is C47H70N6O4. The number of aliphatic hydroxyl groups excluding tert-OH is 1. The van der Waals surface area contributed by atoms with E-state index in [1.54, 1.807) is 19.6 Å². The van der Waals surface area contributed by atoms with Gasteiger partial charge in [-0.3, -0.25) is 9.98 Å². The van der Waals surface area contributed by atoms with Crippen LogP contribution in [0.5, 0.6) is 0 Å². The molecule has 7 fully saturated rings. The summed E-state index contributed by atoms with van der Waals surface area (Å²) in [6.07, 6.45) is 21.5. The molecule has 8 N–H and O–H groups in total. The first kappa shape index (κ1) is 39.4. The topological polar surface area (TPSA) is 167 Å². The predicted molar refractivity (Wildman–Crippen MR) is 226 cm³/mol. The lowest BCUT2D eigenvalue weighted by atomic mass is 9.46. The van der Waals surface area contributed by atoms with Gasteiger partial charge in [0.2, 0.25) is 0 Å². The van der Waals surface area contributed by atoms with Crippen LogP contribution in [-0.4, -0.2) is 65.3 Å². The van der Waals surface area contributed by atoms with Crippen LogP contribution in [0.2, 0.25) is 0 Å². The van der Waals surface area contributed by atoms with E-state index in [0.29, 0.717) is 72.4 Å². The molecule has 1 aromatic carbocycles. The number of nitrogens with two attached hydrogens (primary N) is 2. The predicted octanol–water partition coefficient (Wildman–Crippen LogP) is 7.17. The first-order valence-corrected chi connectivity index (χ1v) is 22.6. The number of furan rings is 1. The number of aliphatic imine (C=N–C) groups is 2. The fourth-order valence-corrected chi connectivity index (χ4v) is 14.4. The maximum atomic E-state index is 11.8. The molecule has 312 valence electrons. The number of fused-ring (bicyclic) bond motifs is 5. The van der Waals surface area contributed by atoms with Gasteiger partial charge in [0, 0.05) is 36.2 Å². The first-order chi connectivity index (χ1) is 27.3. The van der Waals surface area contributed by atoms with Crippen molar-refractivity contribution >= 4 is 22.7 Å². The number of allylic oxidation sites excluding steroid dienone is 1. The highest BCUT2D eigenvalue weighted by Gasteiger charge is 2.67. The van der Waals surface area contributed by atoms with Crippen molar-refractivity contribution in [2.45, 2.75) is 153 Å². The molecule has 10 heteroatoms. The third-order valence-electron chi connectivity index (χ3n) is 17.5. The van der Waals surface area contributed by atoms with Crippen LogP contribution >= 0.6 is 0 Å². The maximum Gasteiger partial charge on any atom is 0.190 e. The van der Waals surface area contributed by atoms with Crippen molar-refractivity contribution in [2.75, 3.05) is 13.6 Å². The standard InChI is InChI=1S/C47H70N6O4/c1-28-21-46(18-14-32(22-46)31-9-10-34-12-13-36(54)24-47(34,55)23-31)41-45(3,57-41)17-15-39-37(28)25-44(39,2)35-11-8-30(20-35)40(52-42(48)50-4)53-43(49)51-19-16-29-6-5-7-33-26-56-27-38(29)33/h5-7,26-27,30-32,34-37,39-41,54-55H,1,8-25H2,2-4H3,(H3,48,50,52)(H3,49,51,53)/t30-,31+,32+,34-,35+,36-,37+,39+,40+,41+,44+,45+,46+,47+/m0/s1. The second kappa shape index (κ2) is 14.9. The largest absolute Gasteiger partial charge is 0.471 e. The highest BCUT2D eigenvalue weighted by molar-refractivity contribution is 5.84. The lowest BCUT2D eigenvalue weighted by Gasteiger charge is -2.58. The van der Waals surface area contributed by atoms with E-state index in [9.17, 15) is 10.2 Å². The third-order valence-corrected chi connectivity index (χ3v) is 17.5. The molecule has 0 bridgehead atoms. The number of nitrogens with zero attached hydrogens (tertiary/aromatic N) is 2. The number of hydrogen-bond acceptors (Lipinski definition) is 6. The molecule has 0 unspecified atom stereocenters. The number of epoxide rings is 1. The van der Waals surface area contributed by atoms with Crippen LogP contribution in [0.1, 0.15) is 122 Å². The molecule has 2 aromatic rings. The Morgan fingerprint density at radius 2 is 1.72 bits per heavy atom. The molecule has 6 saturated carbocycles. The molecular weight excluding hydrogens is 713 g/mol. The fourth-order valence-electron chi connectivity index (χ4n) is 14.4. The van der Waals surface area contributed by atoms with Gasteiger partial charge in [-0.15, -0.1) is 0 Å². The summed E-state index contributed by atoms with van der Waals surface area (Å²) in [5.41, 5.74) is 15.2. The number of ether oxygens (including phenoxy) is 1. The van der Waals surface area contributed by atoms with Crippen molar-refractivity contribution in [2.24, 2.45) is 73.7 Å². The third kappa shape index (κ3) is 7.21. The molecule has 9 rings (SSSR count). The Hall–Kier alpha value is -3.08. The Morgan fingerprint density at radius 1 is 0.930 bits per heavy atom. The Labute approximate surface area is 340 Å². The summed E-state index contributed by atoms with van der Waals surface area (Å²) in [5, 5.41) is 31.4. The summed E-state index contributed by atoms with van der Waals surface area (Å²) in [5.74, 6) is 4.54. The number of hydrogen-bond donors (Lipinski definition) is 6. The van der Waals surface area contributed by atoms with Crippen LogP contribution in [0.25, 0.3) is 10.8 Å². The lowest BCUT2D eigenvalue weighted by Crippen LogP contribution is -2.56. The zero-order valence-electron chi connectivity index (χ0n) is 34.9. The van der Waals surface area contributed by atoms with Crippen molar-refractivity contribution in [3.8, 4) is 0 Å². The van der Waals surface area contributed by atoms with E-state index in [2.05, 4.69) is 47.7 Å². The van der Waals surface area contributed by atoms with E-state index < -0.39 is 5.60 Å². The van der Waals surface area contributed by atoms with Gasteiger partial charge in [0.05, 0.1) is 35.9 Å². The Balaban J connectivity index is 0.844. The smallest absolute Gasteiger partial charge is 0.190 e. The van der Waals surface area contributed by atoms with Crippen LogP contribution in [-0.2, 0) is 11.2 Å². The van der Waals surface area contributed by atoms with E-state index in [1.807, 2.05) is 0 Å². The highest BCUT2D eigenvalue weighted by Crippen LogP contribution is 2.69. The molecule has 2 heterocycles. The van der Waals surface area contributed by atoms with Crippen LogP contribution < -0.4 is 22.1 Å². The van der Waals surface area contributed by atoms with Crippen LogP contribution in [0.15, 0.2) is 57.3 Å². The number of aliphatic hydroxyl groups is 2. The van der Waals surface area contributed by atoms with E-state index in [-0.39, 0.29) is 28.7 Å². The second-order valence-corrected chi connectivity index (χ2v) is 20.7. The molecule has 14 atom stereocenters. The summed E-state index contributed by atoms with van der Waals surface area (Å²) in [7, 11) is 1.71. The zero-order chi connectivity index (χ0) is 39.7. The maximum absolute atomic E-state index is 11.8. The molecule has 1 aliphatic heterocycles. The van der Waals surface area contributed by atoms with Gasteiger partial charge in [0.25, 0.3) is 0 Å². The molecule has 1 aromatic heterocycles. The fraction of sp³-hybridized carbons (Fsp3) is 0.745. The van der Waals surface area contributed by atoms with Gasteiger partial charge in [-0.1, -0.05) is 37.3 Å². The van der Waals surface area contributed by atoms with Crippen molar-refractivity contribution in [3.05, 3.63) is 48.4 Å². The van der Waals surface area contributed by atoms with Gasteiger partial charge in [-0.25, -0.2) is 0 Å². The molecule has 0 radical (unpaired) electrons. The van der Waals surface area contributed by atoms with Gasteiger partial charge in [0.15, 0.2) is 11.9 Å². The van der Waals surface area contributed by atoms with Crippen molar-refractivity contribution in [1.82, 2.24) is 10.6 Å². The molecule has 57 heavy (non-hydrogen) atoms. The first-order valence-electron chi connectivity index (χ1n) is 22.6. The minimum absolute atomic E-state index is 0.0417. The number of guanidine groups is 2. The Kier molecular flexibility index (Phi) is 10.3. The van der Waals surface area contributed by atoms with E-state index in [4.69, 9.17) is 32.2 Å². The molecule has 1 spiro atoms. The minimum atomic E-state index is -0.675. The summed E-state index contributed by atoms with van der Waals surface area (Å²) < 4.78 is 12.3. The van der Waals surface area contributed by atoms with Gasteiger partial charge < -0.3 is 41.5 Å². The molecule has 7 aliphatic rings. The quantitative estimate of drug-likeness (QED) is 0.0539. The van der Waals surface area contributed by atoms with Crippen molar-refractivity contribution < 1.29 is 19.4 Å². The van der Waals surface area contributed by atoms with Crippen LogP contribution in [0.4, 0.5) is 0 Å². The number of nitrogens with one attached hydrogen (secondary N) is 2. The Morgan fingerprint density at radius 3 is 2.56 bits per heavy atom. The second-order valence-electron chi connectivity index (χ2n) is 20.7. The molecule has 0 amide bonds. The zero-order valence-corrected chi connectivity index (χ0v) is 34.9. The van der Waals surface area contributed by atoms with E-state index >= 15 is 0 Å². The summed E-state index contributed by atoms with van der Waals surface area (Å²) in [6.45, 7) is 10.5. The van der Waals surface area contributed by atoms with Crippen LogP contribution in [0.3, 0.4) is 0 Å². The van der Waals surface area contributed by atoms with Crippen molar-refractivity contribution in [3.63, 3.8) is 0 Å². The van der Waals surface area contributed by atoms with Gasteiger partial charge >= 0.3 is 0 Å². The van der Waals surface area contributed by atoms with Crippen molar-refractivity contribution in [1.29, 1.82) is 0 Å². The lowest BCUT2D eigenvalue weighted by molar-refractivity contribution is -0.127. The molecule has 6 aliphatic carbocycles. The van der Waals surface area contributed by atoms with Gasteiger partial charge in [0.1, 0.15) is 6.17 Å². The average molecular weight is 783 g/mol. The number of rotatable bonds is 8.